The molecule has 0 saturated heterocycles. The largest absolute Gasteiger partial charge is 0.489 e. The molecule has 1 atom stereocenters. The van der Waals surface area contributed by atoms with Crippen LogP contribution in [-0.2, 0) is 0 Å². The van der Waals surface area contributed by atoms with E-state index in [1.54, 1.807) is 18.3 Å². The van der Waals surface area contributed by atoms with Gasteiger partial charge in [-0.1, -0.05) is 36.4 Å². The van der Waals surface area contributed by atoms with E-state index in [0.29, 0.717) is 0 Å². The third-order valence-electron chi connectivity index (χ3n) is 2.88. The summed E-state index contributed by atoms with van der Waals surface area (Å²) in [5, 5.41) is 10.3. The van der Waals surface area contributed by atoms with Gasteiger partial charge in [0.2, 0.25) is 0 Å². The maximum absolute atomic E-state index is 9.33. The first-order valence-corrected chi connectivity index (χ1v) is 7.31. The van der Waals surface area contributed by atoms with Crippen LogP contribution in [-0.4, -0.2) is 22.8 Å². The van der Waals surface area contributed by atoms with Crippen LogP contribution in [0.25, 0.3) is 20.8 Å². The number of rotatable bonds is 4. The molecule has 0 saturated carbocycles. The van der Waals surface area contributed by atoms with Crippen molar-refractivity contribution in [1.29, 1.82) is 0 Å². The van der Waals surface area contributed by atoms with E-state index in [1.165, 1.54) is 0 Å². The molecule has 0 aliphatic carbocycles. The molecule has 3 rings (SSSR count). The van der Waals surface area contributed by atoms with Gasteiger partial charge in [-0.05, 0) is 19.1 Å². The van der Waals surface area contributed by atoms with Crippen molar-refractivity contribution in [2.24, 2.45) is 0 Å². The Bertz CT molecular complexity index is 707. The molecule has 0 fully saturated rings. The molecule has 1 heterocycles. The summed E-state index contributed by atoms with van der Waals surface area (Å²) in [4.78, 5) is 4.67. The summed E-state index contributed by atoms with van der Waals surface area (Å²) in [7, 11) is 0. The molecule has 0 bridgehead atoms. The Morgan fingerprint density at radius 2 is 1.95 bits per heavy atom. The number of hydrogen-bond donors (Lipinski definition) is 1. The third-order valence-corrected chi connectivity index (χ3v) is 3.95. The fourth-order valence-electron chi connectivity index (χ4n) is 1.95. The van der Waals surface area contributed by atoms with E-state index in [-0.39, 0.29) is 6.61 Å². The minimum atomic E-state index is -0.488. The summed E-state index contributed by atoms with van der Waals surface area (Å²) in [6.45, 7) is 1.98. The second kappa shape index (κ2) is 5.61. The van der Waals surface area contributed by atoms with E-state index in [0.717, 1.165) is 26.5 Å². The van der Waals surface area contributed by atoms with Crippen LogP contribution in [0.15, 0.2) is 48.5 Å². The molecule has 2 aromatic carbocycles. The van der Waals surface area contributed by atoms with Gasteiger partial charge in [-0.25, -0.2) is 4.98 Å². The van der Waals surface area contributed by atoms with Gasteiger partial charge in [0.25, 0.3) is 0 Å². The number of aliphatic hydroxyl groups is 1. The van der Waals surface area contributed by atoms with Crippen LogP contribution in [0, 0.1) is 0 Å². The fraction of sp³-hybridized carbons (Fsp3) is 0.188. The number of ether oxygens (including phenoxy) is 1. The van der Waals surface area contributed by atoms with Crippen molar-refractivity contribution in [3.05, 3.63) is 48.5 Å². The van der Waals surface area contributed by atoms with E-state index >= 15 is 0 Å². The Balaban J connectivity index is 2.00. The number of aromatic nitrogens is 1. The maximum atomic E-state index is 9.33. The zero-order valence-corrected chi connectivity index (χ0v) is 11.9. The van der Waals surface area contributed by atoms with Crippen LogP contribution in [0.4, 0.5) is 0 Å². The van der Waals surface area contributed by atoms with Gasteiger partial charge in [0.1, 0.15) is 22.9 Å². The normalized spacial score (nSPS) is 12.5. The molecule has 0 spiro atoms. The van der Waals surface area contributed by atoms with Crippen molar-refractivity contribution in [2.75, 3.05) is 6.61 Å². The Morgan fingerprint density at radius 1 is 1.15 bits per heavy atom. The highest BCUT2D eigenvalue weighted by atomic mass is 32.1. The van der Waals surface area contributed by atoms with E-state index < -0.39 is 6.10 Å². The highest BCUT2D eigenvalue weighted by molar-refractivity contribution is 7.21. The second-order valence-corrected chi connectivity index (χ2v) is 5.68. The molecular weight excluding hydrogens is 270 g/mol. The minimum absolute atomic E-state index is 0.275. The molecular formula is C16H15NO2S. The van der Waals surface area contributed by atoms with E-state index in [2.05, 4.69) is 4.98 Å². The first-order chi connectivity index (χ1) is 9.74. The summed E-state index contributed by atoms with van der Waals surface area (Å²) in [6, 6.07) is 16.0. The molecule has 1 unspecified atom stereocenters. The van der Waals surface area contributed by atoms with Gasteiger partial charge in [-0.3, -0.25) is 0 Å². The zero-order valence-electron chi connectivity index (χ0n) is 11.1. The third kappa shape index (κ3) is 2.66. The highest BCUT2D eigenvalue weighted by Crippen LogP contribution is 2.34. The first kappa shape index (κ1) is 13.1. The predicted octanol–water partition coefficient (Wildman–Crippen LogP) is 3.72. The van der Waals surface area contributed by atoms with Crippen LogP contribution < -0.4 is 4.74 Å². The van der Waals surface area contributed by atoms with Crippen molar-refractivity contribution in [3.63, 3.8) is 0 Å². The fourth-order valence-corrected chi connectivity index (χ4v) is 2.94. The van der Waals surface area contributed by atoms with Crippen LogP contribution in [0.3, 0.4) is 0 Å². The Labute approximate surface area is 121 Å². The quantitative estimate of drug-likeness (QED) is 0.794. The maximum Gasteiger partial charge on any atom is 0.146 e. The summed E-state index contributed by atoms with van der Waals surface area (Å²) in [5.41, 5.74) is 1.96. The van der Waals surface area contributed by atoms with Crippen molar-refractivity contribution in [3.8, 4) is 16.3 Å². The Hall–Kier alpha value is -1.91. The van der Waals surface area contributed by atoms with Gasteiger partial charge in [-0.2, -0.15) is 0 Å². The van der Waals surface area contributed by atoms with Gasteiger partial charge in [0, 0.05) is 5.56 Å². The minimum Gasteiger partial charge on any atom is -0.489 e. The molecule has 3 nitrogen and oxygen atoms in total. The lowest BCUT2D eigenvalue weighted by atomic mass is 10.2. The van der Waals surface area contributed by atoms with E-state index in [4.69, 9.17) is 4.74 Å². The lowest BCUT2D eigenvalue weighted by Crippen LogP contribution is -2.12. The van der Waals surface area contributed by atoms with Gasteiger partial charge in [0.05, 0.1) is 10.8 Å². The SMILES string of the molecule is CC(O)COc1cccc2sc(-c3ccccc3)nc12. The molecule has 102 valence electrons. The van der Waals surface area contributed by atoms with E-state index in [9.17, 15) is 5.11 Å². The average Bonchev–Trinajstić information content (AvgIpc) is 2.90. The molecule has 1 N–H and O–H groups in total. The summed E-state index contributed by atoms with van der Waals surface area (Å²) in [5.74, 6) is 0.724. The van der Waals surface area contributed by atoms with Crippen LogP contribution in [0.1, 0.15) is 6.92 Å². The molecule has 3 aromatic rings. The monoisotopic (exact) mass is 285 g/mol. The number of benzene rings is 2. The number of para-hydroxylation sites is 1. The van der Waals surface area contributed by atoms with Crippen molar-refractivity contribution in [2.45, 2.75) is 13.0 Å². The van der Waals surface area contributed by atoms with Crippen LogP contribution >= 0.6 is 11.3 Å². The van der Waals surface area contributed by atoms with Crippen LogP contribution in [0.2, 0.25) is 0 Å². The van der Waals surface area contributed by atoms with Gasteiger partial charge in [0.15, 0.2) is 0 Å². The zero-order chi connectivity index (χ0) is 13.9. The molecule has 1 aromatic heterocycles. The Kier molecular flexibility index (Phi) is 3.67. The highest BCUT2D eigenvalue weighted by Gasteiger charge is 2.10. The van der Waals surface area contributed by atoms with Gasteiger partial charge < -0.3 is 9.84 Å². The lowest BCUT2D eigenvalue weighted by Gasteiger charge is -2.07. The number of fused-ring (bicyclic) bond motifs is 1. The van der Waals surface area contributed by atoms with Crippen molar-refractivity contribution in [1.82, 2.24) is 4.98 Å². The first-order valence-electron chi connectivity index (χ1n) is 6.50. The summed E-state index contributed by atoms with van der Waals surface area (Å²) in [6.07, 6.45) is -0.488. The lowest BCUT2D eigenvalue weighted by molar-refractivity contribution is 0.123. The van der Waals surface area contributed by atoms with Crippen LogP contribution in [0.5, 0.6) is 5.75 Å². The molecule has 0 amide bonds. The second-order valence-electron chi connectivity index (χ2n) is 4.65. The smallest absolute Gasteiger partial charge is 0.146 e. The number of nitrogens with zero attached hydrogens (tertiary/aromatic N) is 1. The summed E-state index contributed by atoms with van der Waals surface area (Å²) >= 11 is 1.65. The number of thiazole rings is 1. The molecule has 0 radical (unpaired) electrons. The topological polar surface area (TPSA) is 42.4 Å². The number of aliphatic hydroxyl groups excluding tert-OH is 1. The molecule has 4 heteroatoms. The number of hydrogen-bond acceptors (Lipinski definition) is 4. The molecule has 0 aliphatic heterocycles. The predicted molar refractivity (Wildman–Crippen MR) is 82.2 cm³/mol. The van der Waals surface area contributed by atoms with Gasteiger partial charge >= 0.3 is 0 Å². The van der Waals surface area contributed by atoms with Crippen molar-refractivity contribution < 1.29 is 9.84 Å². The van der Waals surface area contributed by atoms with E-state index in [1.807, 2.05) is 48.5 Å². The molecule has 20 heavy (non-hydrogen) atoms. The standard InChI is InChI=1S/C16H15NO2S/c1-11(18)10-19-13-8-5-9-14-15(13)17-16(20-14)12-6-3-2-4-7-12/h2-9,11,18H,10H2,1H3. The van der Waals surface area contributed by atoms with Crippen molar-refractivity contribution >= 4 is 21.6 Å². The van der Waals surface area contributed by atoms with Gasteiger partial charge in [-0.15, -0.1) is 11.3 Å². The molecule has 0 aliphatic rings. The summed E-state index contributed by atoms with van der Waals surface area (Å²) < 4.78 is 6.71. The average molecular weight is 285 g/mol. The Morgan fingerprint density at radius 3 is 2.70 bits per heavy atom.